The number of esters is 1. The smallest absolute Gasteiger partial charge is 0.307 e. The standard InChI is InChI=1S/C38H48BrF2N5O7/c1-38(2,3)35(32-17-25(28-18-26(40)12-13-30(28)41)22-45(32)21-24-9-6-5-7-10-24)46(33(49)23-47)16-14-31(42)37(52)43-15-8-11-27(48)20-44-36(51)29(39)19-34(50)53-4/h5-7,9-10,12-13,17-18,22,29,31,35,47H,8,11,14-16,19-21,23,42H2,1-4H3,(H,43,52)(H,44,51)/t29-,31-,35-/m0/s1. The molecule has 0 fully saturated rings. The SMILES string of the molecule is COC(=O)C[C@H](Br)C(=O)NCC(=O)CCCNC(=O)[C@@H](N)CCN(C(=O)CO)[C@@H](c1cc(-c2cc(F)ccc2F)cn1Cc1ccccc1)C(C)(C)C. The van der Waals surface area contributed by atoms with Crippen LogP contribution in [0, 0.1) is 17.0 Å². The summed E-state index contributed by atoms with van der Waals surface area (Å²) in [6.45, 7) is 5.16. The molecule has 0 saturated heterocycles. The molecule has 0 saturated carbocycles. The summed E-state index contributed by atoms with van der Waals surface area (Å²) in [5.41, 5.74) is 7.59. The molecule has 2 aromatic carbocycles. The predicted octanol–water partition coefficient (Wildman–Crippen LogP) is 4.02. The summed E-state index contributed by atoms with van der Waals surface area (Å²) in [6, 6.07) is 12.7. The van der Waals surface area contributed by atoms with Crippen molar-refractivity contribution in [1.82, 2.24) is 20.1 Å². The molecule has 0 unspecified atom stereocenters. The Bertz CT molecular complexity index is 1730. The maximum Gasteiger partial charge on any atom is 0.307 e. The van der Waals surface area contributed by atoms with Gasteiger partial charge in [-0.1, -0.05) is 67.0 Å². The maximum atomic E-state index is 15.0. The van der Waals surface area contributed by atoms with Crippen LogP contribution in [0.1, 0.15) is 63.8 Å². The highest BCUT2D eigenvalue weighted by Crippen LogP contribution is 2.41. The number of Topliss-reactive ketones (excluding diaryl/α,β-unsaturated/α-hetero) is 1. The van der Waals surface area contributed by atoms with Crippen molar-refractivity contribution >= 4 is 45.4 Å². The molecule has 0 spiro atoms. The van der Waals surface area contributed by atoms with Gasteiger partial charge in [-0.05, 0) is 48.1 Å². The van der Waals surface area contributed by atoms with Gasteiger partial charge < -0.3 is 35.7 Å². The Morgan fingerprint density at radius 2 is 1.72 bits per heavy atom. The lowest BCUT2D eigenvalue weighted by molar-refractivity contribution is -0.141. The van der Waals surface area contributed by atoms with E-state index < -0.39 is 64.3 Å². The Balaban J connectivity index is 1.72. The molecule has 3 amide bonds. The zero-order chi connectivity index (χ0) is 39.3. The molecule has 5 N–H and O–H groups in total. The Morgan fingerprint density at radius 3 is 2.36 bits per heavy atom. The van der Waals surface area contributed by atoms with Crippen LogP contribution in [0.25, 0.3) is 11.1 Å². The van der Waals surface area contributed by atoms with E-state index in [9.17, 15) is 37.9 Å². The van der Waals surface area contributed by atoms with Crippen LogP contribution in [0.2, 0.25) is 0 Å². The van der Waals surface area contributed by atoms with E-state index in [0.29, 0.717) is 17.8 Å². The third kappa shape index (κ3) is 12.9. The van der Waals surface area contributed by atoms with Gasteiger partial charge in [0.25, 0.3) is 0 Å². The van der Waals surface area contributed by atoms with Crippen molar-refractivity contribution in [3.8, 4) is 11.1 Å². The molecular formula is C38H48BrF2N5O7. The number of amides is 3. The molecule has 288 valence electrons. The largest absolute Gasteiger partial charge is 0.469 e. The van der Waals surface area contributed by atoms with Crippen molar-refractivity contribution in [2.45, 2.75) is 69.9 Å². The number of aliphatic hydroxyl groups excluding tert-OH is 1. The van der Waals surface area contributed by atoms with E-state index in [1.54, 1.807) is 12.3 Å². The molecule has 0 bridgehead atoms. The molecular weight excluding hydrogens is 756 g/mol. The van der Waals surface area contributed by atoms with E-state index in [-0.39, 0.29) is 56.7 Å². The fraction of sp³-hybridized carbons (Fsp3) is 0.447. The third-order valence-corrected chi connectivity index (χ3v) is 9.24. The van der Waals surface area contributed by atoms with E-state index in [1.165, 1.54) is 12.0 Å². The van der Waals surface area contributed by atoms with Gasteiger partial charge in [-0.15, -0.1) is 0 Å². The molecule has 3 atom stereocenters. The number of benzene rings is 2. The van der Waals surface area contributed by atoms with Gasteiger partial charge in [-0.2, -0.15) is 0 Å². The Hall–Kier alpha value is -4.47. The highest BCUT2D eigenvalue weighted by Gasteiger charge is 2.37. The Morgan fingerprint density at radius 1 is 1.02 bits per heavy atom. The van der Waals surface area contributed by atoms with Gasteiger partial charge in [-0.25, -0.2) is 8.78 Å². The molecule has 0 aliphatic heterocycles. The summed E-state index contributed by atoms with van der Waals surface area (Å²) in [6.07, 6.45) is 1.89. The molecule has 3 aromatic rings. The number of ketones is 1. The van der Waals surface area contributed by atoms with Crippen LogP contribution in [-0.4, -0.2) is 88.3 Å². The second-order valence-corrected chi connectivity index (χ2v) is 14.8. The normalized spacial score (nSPS) is 13.1. The molecule has 12 nitrogen and oxygen atoms in total. The lowest BCUT2D eigenvalue weighted by atomic mass is 9.82. The van der Waals surface area contributed by atoms with Gasteiger partial charge in [0, 0.05) is 49.1 Å². The average molecular weight is 805 g/mol. The number of methoxy groups -OCH3 is 1. The summed E-state index contributed by atoms with van der Waals surface area (Å²) >= 11 is 3.08. The fourth-order valence-corrected chi connectivity index (χ4v) is 6.27. The number of carbonyl (C=O) groups excluding carboxylic acids is 5. The van der Waals surface area contributed by atoms with Gasteiger partial charge in [-0.3, -0.25) is 24.0 Å². The lowest BCUT2D eigenvalue weighted by Gasteiger charge is -2.41. The first-order valence-electron chi connectivity index (χ1n) is 17.2. The lowest BCUT2D eigenvalue weighted by Crippen LogP contribution is -2.47. The number of aromatic nitrogens is 1. The summed E-state index contributed by atoms with van der Waals surface area (Å²) in [5.74, 6) is -3.71. The second kappa shape index (κ2) is 20.1. The first kappa shape index (κ1) is 42.9. The van der Waals surface area contributed by atoms with Crippen LogP contribution >= 0.6 is 15.9 Å². The van der Waals surface area contributed by atoms with Crippen LogP contribution in [-0.2, 0) is 35.3 Å². The number of hydrogen-bond acceptors (Lipinski definition) is 8. The molecule has 0 aliphatic rings. The first-order valence-corrected chi connectivity index (χ1v) is 18.1. The molecule has 15 heteroatoms. The van der Waals surface area contributed by atoms with E-state index in [4.69, 9.17) is 5.73 Å². The number of ether oxygens (including phenoxy) is 1. The van der Waals surface area contributed by atoms with Crippen LogP contribution in [0.15, 0.2) is 60.8 Å². The number of nitrogens with one attached hydrogen (secondary N) is 2. The fourth-order valence-electron chi connectivity index (χ4n) is 5.85. The zero-order valence-corrected chi connectivity index (χ0v) is 32.0. The maximum absolute atomic E-state index is 15.0. The topological polar surface area (TPSA) is 173 Å². The predicted molar refractivity (Wildman–Crippen MR) is 199 cm³/mol. The van der Waals surface area contributed by atoms with Crippen molar-refractivity contribution in [1.29, 1.82) is 0 Å². The van der Waals surface area contributed by atoms with Gasteiger partial charge in [0.1, 0.15) is 23.1 Å². The van der Waals surface area contributed by atoms with Gasteiger partial charge in [0.05, 0.1) is 32.2 Å². The highest BCUT2D eigenvalue weighted by molar-refractivity contribution is 9.10. The Labute approximate surface area is 316 Å². The van der Waals surface area contributed by atoms with Crippen molar-refractivity contribution in [3.05, 3.63) is 83.7 Å². The Kier molecular flexibility index (Phi) is 16.3. The van der Waals surface area contributed by atoms with Gasteiger partial charge in [0.15, 0.2) is 5.78 Å². The van der Waals surface area contributed by atoms with Crippen molar-refractivity contribution < 1.29 is 42.6 Å². The minimum atomic E-state index is -1.04. The third-order valence-electron chi connectivity index (χ3n) is 8.50. The van der Waals surface area contributed by atoms with Crippen molar-refractivity contribution in [3.63, 3.8) is 0 Å². The number of nitrogens with zero attached hydrogens (tertiary/aromatic N) is 2. The van der Waals surface area contributed by atoms with Gasteiger partial charge in [0.2, 0.25) is 17.7 Å². The van der Waals surface area contributed by atoms with Gasteiger partial charge >= 0.3 is 5.97 Å². The van der Waals surface area contributed by atoms with Crippen LogP contribution in [0.5, 0.6) is 0 Å². The number of halogens is 3. The minimum Gasteiger partial charge on any atom is -0.469 e. The van der Waals surface area contributed by atoms with Crippen molar-refractivity contribution in [2.24, 2.45) is 11.1 Å². The number of nitrogens with two attached hydrogens (primary N) is 1. The van der Waals surface area contributed by atoms with Crippen LogP contribution in [0.3, 0.4) is 0 Å². The molecule has 3 rings (SSSR count). The average Bonchev–Trinajstić information content (AvgIpc) is 3.52. The number of aliphatic hydroxyl groups is 1. The molecule has 0 aliphatic carbocycles. The first-order chi connectivity index (χ1) is 25.0. The summed E-state index contributed by atoms with van der Waals surface area (Å²) < 4.78 is 35.7. The zero-order valence-electron chi connectivity index (χ0n) is 30.4. The highest BCUT2D eigenvalue weighted by atomic mass is 79.9. The quantitative estimate of drug-likeness (QED) is 0.0800. The second-order valence-electron chi connectivity index (χ2n) is 13.7. The van der Waals surface area contributed by atoms with Crippen LogP contribution in [0.4, 0.5) is 8.78 Å². The van der Waals surface area contributed by atoms with E-state index in [2.05, 4.69) is 31.3 Å². The van der Waals surface area contributed by atoms with Crippen LogP contribution < -0.4 is 16.4 Å². The number of carbonyl (C=O) groups is 5. The summed E-state index contributed by atoms with van der Waals surface area (Å²) in [4.78, 5) is 62.6. The molecule has 1 aromatic heterocycles. The minimum absolute atomic E-state index is 0.0151. The number of alkyl halides is 1. The van der Waals surface area contributed by atoms with Crippen molar-refractivity contribution in [2.75, 3.05) is 33.4 Å². The molecule has 0 radical (unpaired) electrons. The number of rotatable bonds is 19. The molecule has 53 heavy (non-hydrogen) atoms. The van der Waals surface area contributed by atoms with E-state index in [0.717, 1.165) is 23.8 Å². The molecule has 1 heterocycles. The number of hydrogen-bond donors (Lipinski definition) is 4. The van der Waals surface area contributed by atoms with E-state index >= 15 is 0 Å². The summed E-state index contributed by atoms with van der Waals surface area (Å²) in [7, 11) is 1.20. The monoisotopic (exact) mass is 803 g/mol. The van der Waals surface area contributed by atoms with E-state index in [1.807, 2.05) is 55.7 Å². The summed E-state index contributed by atoms with van der Waals surface area (Å²) in [5, 5.41) is 15.2.